The van der Waals surface area contributed by atoms with Crippen LogP contribution in [0.3, 0.4) is 0 Å². The topological polar surface area (TPSA) is 320 Å². The summed E-state index contributed by atoms with van der Waals surface area (Å²) < 4.78 is 97.9. The Morgan fingerprint density at radius 1 is 0.311 bits per heavy atom. The summed E-state index contributed by atoms with van der Waals surface area (Å²) in [5.74, 6) is 21.4. The second-order valence-electron chi connectivity index (χ2n) is 30.5. The lowest BCUT2D eigenvalue weighted by molar-refractivity contribution is -0.137. The second kappa shape index (κ2) is 48.3. The van der Waals surface area contributed by atoms with Crippen LogP contribution < -0.4 is 18.9 Å². The molecule has 4 fully saturated rings. The quantitative estimate of drug-likeness (QED) is 0.0209. The molecule has 132 heavy (non-hydrogen) atoms. The number of para-hydroxylation sites is 4. The van der Waals surface area contributed by atoms with E-state index in [1.165, 1.54) is 9.80 Å². The highest BCUT2D eigenvalue weighted by Gasteiger charge is 2.38. The van der Waals surface area contributed by atoms with E-state index in [0.29, 0.717) is 96.2 Å². The van der Waals surface area contributed by atoms with E-state index in [1.807, 2.05) is 103 Å². The first-order chi connectivity index (χ1) is 66.7. The fourth-order valence-corrected chi connectivity index (χ4v) is 13.3. The Bertz CT molecular complexity index is 6450. The number of carboxylic acids is 4. The van der Waals surface area contributed by atoms with E-state index in [0.717, 1.165) is 70.6 Å². The third-order valence-electron chi connectivity index (χ3n) is 20.5. The van der Waals surface area contributed by atoms with Crippen molar-refractivity contribution in [3.63, 3.8) is 0 Å². The minimum Gasteiger partial charge on any atom is -0.492 e. The number of rotatable bonds is 36. The number of ether oxygens (including phenoxy) is 4. The summed E-state index contributed by atoms with van der Waals surface area (Å²) in [5, 5.41) is 34.6. The van der Waals surface area contributed by atoms with Crippen molar-refractivity contribution in [3.05, 3.63) is 312 Å². The molecule has 0 spiro atoms. The molecule has 8 aromatic carbocycles. The van der Waals surface area contributed by atoms with Gasteiger partial charge in [-0.15, -0.1) is 0 Å². The summed E-state index contributed by atoms with van der Waals surface area (Å²) in [6.07, 6.45) is 12.5. The molecular formula is C108H100N4O20. The fourth-order valence-electron chi connectivity index (χ4n) is 13.3. The van der Waals surface area contributed by atoms with E-state index in [4.69, 9.17) is 65.3 Å². The van der Waals surface area contributed by atoms with E-state index in [2.05, 4.69) is 47.4 Å². The first-order valence-corrected chi connectivity index (χ1v) is 43.1. The molecule has 4 saturated carbocycles. The van der Waals surface area contributed by atoms with Crippen molar-refractivity contribution in [2.45, 2.75) is 153 Å². The molecule has 0 unspecified atom stereocenters. The third-order valence-corrected chi connectivity index (χ3v) is 20.5. The van der Waals surface area contributed by atoms with E-state index >= 15 is 0 Å². The molecule has 4 aromatic heterocycles. The van der Waals surface area contributed by atoms with Crippen LogP contribution in [0.15, 0.2) is 285 Å². The van der Waals surface area contributed by atoms with Gasteiger partial charge in [0.05, 0.1) is 59.3 Å². The van der Waals surface area contributed by atoms with E-state index < -0.39 is 60.7 Å². The van der Waals surface area contributed by atoms with Crippen LogP contribution in [-0.4, -0.2) is 138 Å². The minimum atomic E-state index is -2.12. The molecule has 24 heteroatoms. The molecule has 4 heterocycles. The van der Waals surface area contributed by atoms with Gasteiger partial charge in [0.15, 0.2) is 0 Å². The number of aliphatic carboxylic acids is 4. The van der Waals surface area contributed by atoms with Gasteiger partial charge in [-0.05, 0) is 173 Å². The standard InChI is InChI=1S/4C27H25NO5/c4*29-26(30)10-2-1-5-17-32-25-8-4-3-7-22(25)19-28(23-15-16-23)27(31)21-13-11-20(12-14-21)24-9-6-18-33-24/h2*3-4,6-9,11-14,18,23H,5,10,15-17,19H2,(H,29,30);2*3-4,6-9,11-14,18,23H,2,10,15-17,19H2,(H,29,30)/i23D;19D2;23D;19D2. The molecule has 0 bridgehead atoms. The monoisotopic (exact) mass is 1780 g/mol. The lowest BCUT2D eigenvalue weighted by Gasteiger charge is -2.24. The minimum absolute atomic E-state index is 0.00522. The number of hydrogen-bond acceptors (Lipinski definition) is 16. The number of furan rings is 4. The number of hydrogen-bond donors (Lipinski definition) is 4. The van der Waals surface area contributed by atoms with Crippen LogP contribution in [0, 0.1) is 47.4 Å². The van der Waals surface area contributed by atoms with Gasteiger partial charge < -0.3 is 76.6 Å². The van der Waals surface area contributed by atoms with Crippen molar-refractivity contribution in [3.8, 4) is 116 Å². The summed E-state index contributed by atoms with van der Waals surface area (Å²) >= 11 is 0. The molecule has 0 atom stereocenters. The Kier molecular flexibility index (Phi) is 31.3. The number of nitrogens with zero attached hydrogens (tertiary/aromatic N) is 4. The predicted octanol–water partition coefficient (Wildman–Crippen LogP) is 20.0. The first-order valence-electron chi connectivity index (χ1n) is 46.1. The van der Waals surface area contributed by atoms with Crippen LogP contribution in [0.4, 0.5) is 0 Å². The van der Waals surface area contributed by atoms with E-state index in [9.17, 15) is 38.4 Å². The Labute approximate surface area is 774 Å². The average molecular weight is 1780 g/mol. The molecule has 24 nitrogen and oxygen atoms in total. The summed E-state index contributed by atoms with van der Waals surface area (Å²) in [6.45, 7) is -3.16. The SMILES string of the molecule is [2H]C([2H])(c1ccccc1OCC#CCCC(=O)O)N(C(=O)c1ccc(-c2ccco2)cc1)C1CC1.[2H]C([2H])(c1ccccc1OCCC#CCC(=O)O)N(C(=O)c1ccc(-c2ccco2)cc1)C1CC1.[2H]C1(N(Cc2ccccc2OCC#CCCC(=O)O)C(=O)c2ccc(-c3ccco3)cc2)CC1.[2H]C1(N(Cc2ccccc2OCCC#CCC(=O)O)C(=O)c2ccc(-c3ccco3)cc2)CC1. The normalized spacial score (nSPS) is 13.8. The Morgan fingerprint density at radius 3 is 0.879 bits per heavy atom. The van der Waals surface area contributed by atoms with Gasteiger partial charge in [-0.1, -0.05) is 169 Å². The van der Waals surface area contributed by atoms with Gasteiger partial charge in [0.2, 0.25) is 0 Å². The van der Waals surface area contributed by atoms with Crippen molar-refractivity contribution < 1.29 is 104 Å². The molecule has 0 radical (unpaired) electrons. The van der Waals surface area contributed by atoms with Crippen molar-refractivity contribution in [2.24, 2.45) is 0 Å². The maximum absolute atomic E-state index is 13.5. The molecule has 4 aliphatic rings. The highest BCUT2D eigenvalue weighted by molar-refractivity contribution is 5.97. The van der Waals surface area contributed by atoms with Crippen LogP contribution >= 0.6 is 0 Å². The number of amides is 4. The van der Waals surface area contributed by atoms with Gasteiger partial charge in [0.1, 0.15) is 72.1 Å². The summed E-state index contributed by atoms with van der Waals surface area (Å²) in [6, 6.07) is 68.8. The van der Waals surface area contributed by atoms with Gasteiger partial charge in [0.25, 0.3) is 23.6 Å². The van der Waals surface area contributed by atoms with E-state index in [1.54, 1.807) is 174 Å². The Morgan fingerprint density at radius 2 is 0.591 bits per heavy atom. The van der Waals surface area contributed by atoms with Crippen LogP contribution in [-0.2, 0) is 45.3 Å². The molecule has 0 saturated heterocycles. The van der Waals surface area contributed by atoms with Crippen LogP contribution in [0.25, 0.3) is 45.3 Å². The highest BCUT2D eigenvalue weighted by atomic mass is 16.5. The molecule has 4 amide bonds. The predicted molar refractivity (Wildman–Crippen MR) is 494 cm³/mol. The Hall–Kier alpha value is -15.9. The van der Waals surface area contributed by atoms with Gasteiger partial charge in [-0.25, -0.2) is 0 Å². The van der Waals surface area contributed by atoms with Crippen molar-refractivity contribution in [1.29, 1.82) is 0 Å². The van der Waals surface area contributed by atoms with Gasteiger partial charge in [-0.2, -0.15) is 0 Å². The highest BCUT2D eigenvalue weighted by Crippen LogP contribution is 2.38. The zero-order valence-electron chi connectivity index (χ0n) is 78.2. The summed E-state index contributed by atoms with van der Waals surface area (Å²) in [4.78, 5) is 102. The molecular weight excluding hydrogens is 1670 g/mol. The van der Waals surface area contributed by atoms with Gasteiger partial charge >= 0.3 is 23.9 Å². The molecule has 4 N–H and O–H groups in total. The first kappa shape index (κ1) is 85.5. The number of carbonyl (C=O) groups excluding carboxylic acids is 4. The third kappa shape index (κ3) is 29.1. The molecule has 4 aliphatic carbocycles. The van der Waals surface area contributed by atoms with Crippen LogP contribution in [0.1, 0.15) is 175 Å². The number of carboxylic acid groups (broad SMARTS) is 4. The van der Waals surface area contributed by atoms with Gasteiger partial charge in [0, 0.05) is 143 Å². The van der Waals surface area contributed by atoms with Gasteiger partial charge in [-0.3, -0.25) is 38.4 Å². The lowest BCUT2D eigenvalue weighted by Crippen LogP contribution is -2.32. The molecule has 12 aromatic rings. The van der Waals surface area contributed by atoms with Crippen LogP contribution in [0.2, 0.25) is 0 Å². The Balaban J connectivity index is 0.000000155. The van der Waals surface area contributed by atoms with Crippen molar-refractivity contribution in [2.75, 3.05) is 26.4 Å². The zero-order chi connectivity index (χ0) is 97.6. The zero-order valence-corrected chi connectivity index (χ0v) is 72.2. The van der Waals surface area contributed by atoms with Crippen LogP contribution in [0.5, 0.6) is 23.0 Å². The molecule has 672 valence electrons. The fraction of sp³-hybridized carbons (Fsp3) is 0.259. The smallest absolute Gasteiger partial charge is 0.315 e. The lowest BCUT2D eigenvalue weighted by atomic mass is 10.1. The van der Waals surface area contributed by atoms with Crippen molar-refractivity contribution in [1.82, 2.24) is 19.6 Å². The maximum atomic E-state index is 13.5. The summed E-state index contributed by atoms with van der Waals surface area (Å²) in [5.41, 5.74) is 7.31. The average Bonchev–Trinajstić information content (AvgIpc) is 1.63. The largest absolute Gasteiger partial charge is 0.492 e. The van der Waals surface area contributed by atoms with E-state index in [-0.39, 0.29) is 112 Å². The second-order valence-corrected chi connectivity index (χ2v) is 30.5. The number of carbonyl (C=O) groups is 8. The maximum Gasteiger partial charge on any atom is 0.315 e. The summed E-state index contributed by atoms with van der Waals surface area (Å²) in [7, 11) is 0. The molecule has 0 aliphatic heterocycles. The molecule has 16 rings (SSSR count). The number of benzene rings is 8. The van der Waals surface area contributed by atoms with Crippen molar-refractivity contribution >= 4 is 47.5 Å².